The Hall–Kier alpha value is -5.08. The number of hydrogen-bond acceptors (Lipinski definition) is 0. The summed E-state index contributed by atoms with van der Waals surface area (Å²) in [5.74, 6) is 0.369. The van der Waals surface area contributed by atoms with Crippen LogP contribution in [0.1, 0.15) is 108 Å². The van der Waals surface area contributed by atoms with E-state index in [1.807, 2.05) is 0 Å². The molecule has 3 heterocycles. The van der Waals surface area contributed by atoms with Crippen LogP contribution in [-0.4, -0.2) is 11.3 Å². The highest BCUT2D eigenvalue weighted by Crippen LogP contribution is 2.50. The highest BCUT2D eigenvalue weighted by atomic mass is 15.0. The molecule has 3 aliphatic rings. The summed E-state index contributed by atoms with van der Waals surface area (Å²) in [6.07, 6.45) is 2.17. The summed E-state index contributed by atoms with van der Waals surface area (Å²) in [7, 11) is 0. The smallest absolute Gasteiger partial charge is 0.248 e. The Morgan fingerprint density at radius 3 is 2.04 bits per heavy atom. The molecule has 8 aromatic rings. The Morgan fingerprint density at radius 2 is 1.25 bits per heavy atom. The molecule has 7 aromatic carbocycles. The van der Waals surface area contributed by atoms with Crippen LogP contribution >= 0.6 is 0 Å². The first kappa shape index (κ1) is 33.3. The summed E-state index contributed by atoms with van der Waals surface area (Å²) in [6.45, 7) is 21.4. The zero-order valence-electron chi connectivity index (χ0n) is 33.9. The largest absolute Gasteiger partial charge is 0.310 e. The first-order chi connectivity index (χ1) is 26.2. The van der Waals surface area contributed by atoms with Gasteiger partial charge in [0.05, 0.1) is 5.52 Å². The van der Waals surface area contributed by atoms with Crippen molar-refractivity contribution in [1.29, 1.82) is 0 Å². The van der Waals surface area contributed by atoms with Crippen molar-refractivity contribution in [2.24, 2.45) is 0 Å². The second-order valence-corrected chi connectivity index (χ2v) is 20.1. The van der Waals surface area contributed by atoms with Gasteiger partial charge in [-0.2, -0.15) is 0 Å². The van der Waals surface area contributed by atoms with E-state index in [4.69, 9.17) is 0 Å². The predicted molar refractivity (Wildman–Crippen MR) is 239 cm³/mol. The van der Waals surface area contributed by atoms with E-state index >= 15 is 0 Å². The molecule has 2 heteroatoms. The third kappa shape index (κ3) is 4.55. The van der Waals surface area contributed by atoms with Gasteiger partial charge in [-0.3, -0.25) is 0 Å². The van der Waals surface area contributed by atoms with Crippen LogP contribution in [0.25, 0.3) is 60.2 Å². The lowest BCUT2D eigenvalue weighted by Crippen LogP contribution is -2.59. The molecule has 0 N–H and O–H groups in total. The van der Waals surface area contributed by atoms with Crippen molar-refractivity contribution in [2.45, 2.75) is 97.3 Å². The molecule has 0 bridgehead atoms. The molecule has 0 radical (unpaired) electrons. The van der Waals surface area contributed by atoms with Gasteiger partial charge in [0.2, 0.25) is 6.71 Å². The lowest BCUT2D eigenvalue weighted by atomic mass is 9.32. The maximum Gasteiger partial charge on any atom is 0.248 e. The SMILES string of the molecule is CC(C)(C)c1ccc2c(c1)-c1cc(C(C)(C)C)cc3c1C2CCc1cccc2c1B3c1c3ccc4ccccc4c3cc3c4ccc(C(C)(C)C)cc4n-2c13. The maximum atomic E-state index is 2.68. The van der Waals surface area contributed by atoms with Crippen LogP contribution in [0, 0.1) is 0 Å². The molecule has 0 spiro atoms. The number of rotatable bonds is 0. The fourth-order valence-electron chi connectivity index (χ4n) is 10.8. The van der Waals surface area contributed by atoms with E-state index < -0.39 is 0 Å². The third-order valence-corrected chi connectivity index (χ3v) is 13.7. The average molecular weight is 712 g/mol. The van der Waals surface area contributed by atoms with E-state index in [0.29, 0.717) is 5.92 Å². The van der Waals surface area contributed by atoms with E-state index in [1.165, 1.54) is 104 Å². The van der Waals surface area contributed by atoms with Crippen molar-refractivity contribution in [3.05, 3.63) is 143 Å². The molecule has 0 saturated carbocycles. The minimum atomic E-state index is -0.00661. The van der Waals surface area contributed by atoms with Gasteiger partial charge in [0.25, 0.3) is 0 Å². The Morgan fingerprint density at radius 1 is 0.545 bits per heavy atom. The van der Waals surface area contributed by atoms with Gasteiger partial charge in [0.15, 0.2) is 0 Å². The van der Waals surface area contributed by atoms with Gasteiger partial charge in [-0.1, -0.05) is 164 Å². The van der Waals surface area contributed by atoms with Crippen LogP contribution in [-0.2, 0) is 22.7 Å². The number of nitrogens with zero attached hydrogens (tertiary/aromatic N) is 1. The van der Waals surface area contributed by atoms with Crippen LogP contribution in [0.5, 0.6) is 0 Å². The molecule has 1 unspecified atom stereocenters. The molecule has 55 heavy (non-hydrogen) atoms. The summed E-state index contributed by atoms with van der Waals surface area (Å²) < 4.78 is 2.68. The summed E-state index contributed by atoms with van der Waals surface area (Å²) >= 11 is 0. The molecule has 11 rings (SSSR count). The minimum absolute atomic E-state index is 0.00661. The van der Waals surface area contributed by atoms with Crippen LogP contribution < -0.4 is 16.4 Å². The van der Waals surface area contributed by atoms with Gasteiger partial charge in [-0.05, 0) is 119 Å². The van der Waals surface area contributed by atoms with Gasteiger partial charge in [-0.25, -0.2) is 0 Å². The Bertz CT molecular complexity index is 2990. The molecule has 1 nitrogen and oxygen atoms in total. The van der Waals surface area contributed by atoms with Crippen molar-refractivity contribution < 1.29 is 0 Å². The zero-order chi connectivity index (χ0) is 37.9. The monoisotopic (exact) mass is 711 g/mol. The number of fused-ring (bicyclic) bond motifs is 13. The normalized spacial score (nSPS) is 16.1. The van der Waals surface area contributed by atoms with Crippen molar-refractivity contribution in [3.63, 3.8) is 0 Å². The van der Waals surface area contributed by atoms with Gasteiger partial charge < -0.3 is 4.57 Å². The molecular weight excluding hydrogens is 661 g/mol. The quantitative estimate of drug-likeness (QED) is 0.109. The molecule has 1 atom stereocenters. The fourth-order valence-corrected chi connectivity index (χ4v) is 10.8. The molecule has 2 aliphatic heterocycles. The standard InChI is InChI=1S/C53H50BN/c1-51(2,3)32-19-23-36-38-21-18-31-14-12-16-45-48(31)54(44-27-34(53(7,8)9)26-42(47(38)44)40(36)25-32)49-39-22-17-30-13-10-11-15-35(30)41(39)29-43-37-24-20-33(52(4,5)6)28-46(37)55(45)50(43)49/h10-17,19-20,22-29,38H,18,21H2,1-9H3. The Balaban J connectivity index is 1.35. The Kier molecular flexibility index (Phi) is 6.54. The molecule has 0 fully saturated rings. The molecule has 0 saturated heterocycles. The minimum Gasteiger partial charge on any atom is -0.310 e. The van der Waals surface area contributed by atoms with Crippen molar-refractivity contribution >= 4 is 66.5 Å². The number of aryl methyl sites for hydroxylation is 1. The third-order valence-electron chi connectivity index (χ3n) is 13.7. The maximum absolute atomic E-state index is 2.68. The predicted octanol–water partition coefficient (Wildman–Crippen LogP) is 11.9. The molecule has 270 valence electrons. The highest BCUT2D eigenvalue weighted by molar-refractivity contribution is 7.00. The van der Waals surface area contributed by atoms with Crippen LogP contribution in [0.2, 0.25) is 0 Å². The van der Waals surface area contributed by atoms with Crippen molar-refractivity contribution in [3.8, 4) is 16.8 Å². The summed E-state index contributed by atoms with van der Waals surface area (Å²) in [4.78, 5) is 0. The summed E-state index contributed by atoms with van der Waals surface area (Å²) in [5, 5.41) is 8.10. The second-order valence-electron chi connectivity index (χ2n) is 20.1. The average Bonchev–Trinajstić information content (AvgIpc) is 3.64. The topological polar surface area (TPSA) is 4.93 Å². The highest BCUT2D eigenvalue weighted by Gasteiger charge is 2.44. The number of hydrogen-bond donors (Lipinski definition) is 0. The van der Waals surface area contributed by atoms with E-state index in [2.05, 4.69) is 176 Å². The number of benzene rings is 7. The van der Waals surface area contributed by atoms with E-state index in [1.54, 1.807) is 5.56 Å². The van der Waals surface area contributed by atoms with Gasteiger partial charge in [0, 0.05) is 27.9 Å². The lowest BCUT2D eigenvalue weighted by molar-refractivity contribution is 0.589. The van der Waals surface area contributed by atoms with E-state index in [-0.39, 0.29) is 23.0 Å². The van der Waals surface area contributed by atoms with Crippen LogP contribution in [0.3, 0.4) is 0 Å². The van der Waals surface area contributed by atoms with Gasteiger partial charge >= 0.3 is 0 Å². The molecule has 0 amide bonds. The van der Waals surface area contributed by atoms with Crippen molar-refractivity contribution in [1.82, 2.24) is 4.57 Å². The van der Waals surface area contributed by atoms with Gasteiger partial charge in [-0.15, -0.1) is 0 Å². The lowest BCUT2D eigenvalue weighted by Gasteiger charge is -2.35. The summed E-state index contributed by atoms with van der Waals surface area (Å²) in [6, 6.07) is 43.6. The molecular formula is C53H50BN. The second kappa shape index (κ2) is 10.8. The van der Waals surface area contributed by atoms with E-state index in [0.717, 1.165) is 12.8 Å². The Labute approximate surface area is 326 Å². The van der Waals surface area contributed by atoms with Crippen LogP contribution in [0.4, 0.5) is 0 Å². The first-order valence-electron chi connectivity index (χ1n) is 20.6. The molecule has 1 aliphatic carbocycles. The zero-order valence-corrected chi connectivity index (χ0v) is 33.9. The van der Waals surface area contributed by atoms with Crippen molar-refractivity contribution in [2.75, 3.05) is 0 Å². The van der Waals surface area contributed by atoms with Gasteiger partial charge in [0.1, 0.15) is 0 Å². The van der Waals surface area contributed by atoms with E-state index in [9.17, 15) is 0 Å². The summed E-state index contributed by atoms with van der Waals surface area (Å²) in [5.41, 5.74) is 20.4. The fraction of sp³-hybridized carbons (Fsp3) is 0.283. The molecule has 1 aromatic heterocycles. The van der Waals surface area contributed by atoms with Crippen LogP contribution in [0.15, 0.2) is 109 Å². The first-order valence-corrected chi connectivity index (χ1v) is 20.6. The number of aromatic nitrogens is 1.